The van der Waals surface area contributed by atoms with Crippen molar-refractivity contribution < 1.29 is 23.8 Å². The number of hydrogen-bond acceptors (Lipinski definition) is 5. The first-order valence-corrected chi connectivity index (χ1v) is 9.53. The number of ether oxygens (including phenoxy) is 3. The van der Waals surface area contributed by atoms with E-state index in [9.17, 15) is 9.59 Å². The summed E-state index contributed by atoms with van der Waals surface area (Å²) >= 11 is 0. The van der Waals surface area contributed by atoms with Crippen molar-refractivity contribution in [3.8, 4) is 11.5 Å². The van der Waals surface area contributed by atoms with E-state index in [1.165, 1.54) is 0 Å². The lowest BCUT2D eigenvalue weighted by Gasteiger charge is -2.29. The summed E-state index contributed by atoms with van der Waals surface area (Å²) in [5.74, 6) is 0.582. The van der Waals surface area contributed by atoms with Gasteiger partial charge in [-0.05, 0) is 62.8 Å². The largest absolute Gasteiger partial charge is 0.426 e. The molecule has 26 heavy (non-hydrogen) atoms. The van der Waals surface area contributed by atoms with Gasteiger partial charge in [0.25, 0.3) is 0 Å². The molecule has 0 radical (unpaired) electrons. The van der Waals surface area contributed by atoms with E-state index < -0.39 is 5.41 Å². The third-order valence-electron chi connectivity index (χ3n) is 6.07. The standard InChI is InChI=1S/C21H28O5/c1-5-21(4,13(2)3)20(23)25-16-9-7-15(8-10-16)24-19(22)14-6-11-17-18(12-14)26-17/h7-10,13-14,17-18H,5-6,11-12H2,1-4H3. The molecule has 0 bridgehead atoms. The van der Waals surface area contributed by atoms with Crippen LogP contribution >= 0.6 is 0 Å². The molecule has 2 fully saturated rings. The number of carbonyl (C=O) groups excluding carboxylic acids is 2. The monoisotopic (exact) mass is 360 g/mol. The van der Waals surface area contributed by atoms with Crippen molar-refractivity contribution in [3.05, 3.63) is 24.3 Å². The Labute approximate surface area is 155 Å². The molecule has 5 heteroatoms. The highest BCUT2D eigenvalue weighted by Gasteiger charge is 2.46. The average molecular weight is 360 g/mol. The number of carbonyl (C=O) groups is 2. The summed E-state index contributed by atoms with van der Waals surface area (Å²) in [4.78, 5) is 24.8. The van der Waals surface area contributed by atoms with Gasteiger partial charge in [0, 0.05) is 0 Å². The zero-order chi connectivity index (χ0) is 18.9. The Balaban J connectivity index is 1.56. The van der Waals surface area contributed by atoms with Crippen LogP contribution in [0, 0.1) is 17.3 Å². The second-order valence-electron chi connectivity index (χ2n) is 7.93. The van der Waals surface area contributed by atoms with E-state index >= 15 is 0 Å². The molecular weight excluding hydrogens is 332 g/mol. The molecule has 4 unspecified atom stereocenters. The average Bonchev–Trinajstić information content (AvgIpc) is 3.41. The van der Waals surface area contributed by atoms with Crippen molar-refractivity contribution in [2.24, 2.45) is 17.3 Å². The molecule has 1 aliphatic carbocycles. The first kappa shape index (κ1) is 18.9. The molecule has 142 valence electrons. The Bertz CT molecular complexity index is 665. The maximum atomic E-state index is 12.5. The molecule has 0 aromatic heterocycles. The SMILES string of the molecule is CCC(C)(C(=O)Oc1ccc(OC(=O)C2CCC3OC3C2)cc1)C(C)C. The number of fused-ring (bicyclic) bond motifs is 1. The van der Waals surface area contributed by atoms with E-state index in [0.717, 1.165) is 19.3 Å². The van der Waals surface area contributed by atoms with Gasteiger partial charge in [0.05, 0.1) is 23.5 Å². The van der Waals surface area contributed by atoms with Crippen molar-refractivity contribution in [2.75, 3.05) is 0 Å². The van der Waals surface area contributed by atoms with E-state index in [1.54, 1.807) is 24.3 Å². The second-order valence-corrected chi connectivity index (χ2v) is 7.93. The first-order valence-electron chi connectivity index (χ1n) is 9.53. The van der Waals surface area contributed by atoms with Crippen LogP contribution in [0.2, 0.25) is 0 Å². The minimum Gasteiger partial charge on any atom is -0.426 e. The number of esters is 2. The lowest BCUT2D eigenvalue weighted by atomic mass is 9.77. The Morgan fingerprint density at radius 1 is 1.12 bits per heavy atom. The van der Waals surface area contributed by atoms with Gasteiger partial charge in [-0.15, -0.1) is 0 Å². The van der Waals surface area contributed by atoms with Crippen LogP contribution in [-0.4, -0.2) is 24.1 Å². The summed E-state index contributed by atoms with van der Waals surface area (Å²) in [6.07, 6.45) is 3.84. The van der Waals surface area contributed by atoms with Gasteiger partial charge in [0.1, 0.15) is 11.5 Å². The van der Waals surface area contributed by atoms with Crippen LogP contribution in [0.1, 0.15) is 53.4 Å². The zero-order valence-electron chi connectivity index (χ0n) is 16.0. The highest BCUT2D eigenvalue weighted by Crippen LogP contribution is 2.40. The van der Waals surface area contributed by atoms with Crippen molar-refractivity contribution in [1.82, 2.24) is 0 Å². The molecule has 1 saturated heterocycles. The van der Waals surface area contributed by atoms with Gasteiger partial charge in [0.15, 0.2) is 0 Å². The van der Waals surface area contributed by atoms with Gasteiger partial charge in [-0.25, -0.2) is 0 Å². The fourth-order valence-corrected chi connectivity index (χ4v) is 3.41. The summed E-state index contributed by atoms with van der Waals surface area (Å²) < 4.78 is 16.5. The molecular formula is C21H28O5. The third kappa shape index (κ3) is 3.93. The third-order valence-corrected chi connectivity index (χ3v) is 6.07. The minimum absolute atomic E-state index is 0.0902. The van der Waals surface area contributed by atoms with Gasteiger partial charge >= 0.3 is 11.9 Å². The van der Waals surface area contributed by atoms with E-state index in [0.29, 0.717) is 24.0 Å². The molecule has 4 atom stereocenters. The molecule has 2 aliphatic rings. The van der Waals surface area contributed by atoms with E-state index in [4.69, 9.17) is 14.2 Å². The number of epoxide rings is 1. The fraction of sp³-hybridized carbons (Fsp3) is 0.619. The molecule has 3 rings (SSSR count). The topological polar surface area (TPSA) is 65.1 Å². The zero-order valence-corrected chi connectivity index (χ0v) is 16.0. The van der Waals surface area contributed by atoms with E-state index in [1.807, 2.05) is 27.7 Å². The normalized spacial score (nSPS) is 26.6. The number of rotatable bonds is 6. The predicted molar refractivity (Wildman–Crippen MR) is 97.0 cm³/mol. The summed E-state index contributed by atoms with van der Waals surface area (Å²) in [6.45, 7) is 7.96. The smallest absolute Gasteiger partial charge is 0.317 e. The van der Waals surface area contributed by atoms with Gasteiger partial charge in [-0.2, -0.15) is 0 Å². The molecule has 0 spiro atoms. The van der Waals surface area contributed by atoms with Crippen LogP contribution < -0.4 is 9.47 Å². The lowest BCUT2D eigenvalue weighted by Crippen LogP contribution is -2.36. The van der Waals surface area contributed by atoms with Gasteiger partial charge < -0.3 is 14.2 Å². The molecule has 1 heterocycles. The maximum Gasteiger partial charge on any atom is 0.317 e. The van der Waals surface area contributed by atoms with Crippen molar-refractivity contribution in [2.45, 2.75) is 65.6 Å². The van der Waals surface area contributed by atoms with Gasteiger partial charge in [-0.1, -0.05) is 20.8 Å². The molecule has 1 aliphatic heterocycles. The van der Waals surface area contributed by atoms with Crippen LogP contribution in [0.4, 0.5) is 0 Å². The molecule has 1 saturated carbocycles. The highest BCUT2D eigenvalue weighted by molar-refractivity contribution is 5.79. The molecule has 5 nitrogen and oxygen atoms in total. The maximum absolute atomic E-state index is 12.5. The quantitative estimate of drug-likeness (QED) is 0.433. The van der Waals surface area contributed by atoms with Crippen molar-refractivity contribution in [1.29, 1.82) is 0 Å². The number of hydrogen-bond donors (Lipinski definition) is 0. The van der Waals surface area contributed by atoms with Crippen LogP contribution in [0.15, 0.2) is 24.3 Å². The number of benzene rings is 1. The molecule has 1 aromatic rings. The molecule has 0 amide bonds. The van der Waals surface area contributed by atoms with Crippen LogP contribution in [0.3, 0.4) is 0 Å². The molecule has 0 N–H and O–H groups in total. The van der Waals surface area contributed by atoms with Gasteiger partial charge in [0.2, 0.25) is 0 Å². The lowest BCUT2D eigenvalue weighted by molar-refractivity contribution is -0.148. The Morgan fingerprint density at radius 2 is 1.73 bits per heavy atom. The van der Waals surface area contributed by atoms with Gasteiger partial charge in [-0.3, -0.25) is 9.59 Å². The predicted octanol–water partition coefficient (Wildman–Crippen LogP) is 4.14. The van der Waals surface area contributed by atoms with Crippen LogP contribution in [0.5, 0.6) is 11.5 Å². The molecule has 1 aromatic carbocycles. The Hall–Kier alpha value is -1.88. The van der Waals surface area contributed by atoms with Crippen LogP contribution in [-0.2, 0) is 14.3 Å². The second kappa shape index (κ2) is 7.39. The summed E-state index contributed by atoms with van der Waals surface area (Å²) in [5.41, 5.74) is -0.519. The van der Waals surface area contributed by atoms with Crippen molar-refractivity contribution in [3.63, 3.8) is 0 Å². The Morgan fingerprint density at radius 3 is 2.27 bits per heavy atom. The highest BCUT2D eigenvalue weighted by atomic mass is 16.6. The van der Waals surface area contributed by atoms with E-state index in [-0.39, 0.29) is 29.9 Å². The summed E-state index contributed by atoms with van der Waals surface area (Å²) in [7, 11) is 0. The van der Waals surface area contributed by atoms with Crippen molar-refractivity contribution >= 4 is 11.9 Å². The summed E-state index contributed by atoms with van der Waals surface area (Å²) in [5, 5.41) is 0. The first-order chi connectivity index (χ1) is 12.3. The Kier molecular flexibility index (Phi) is 5.37. The summed E-state index contributed by atoms with van der Waals surface area (Å²) in [6, 6.07) is 6.66. The van der Waals surface area contributed by atoms with Crippen LogP contribution in [0.25, 0.3) is 0 Å². The minimum atomic E-state index is -0.519. The van der Waals surface area contributed by atoms with E-state index in [2.05, 4.69) is 0 Å². The fourth-order valence-electron chi connectivity index (χ4n) is 3.41.